The minimum absolute atomic E-state index is 0.172. The number of ether oxygens (including phenoxy) is 1. The lowest BCUT2D eigenvalue weighted by Crippen LogP contribution is -2.34. The van der Waals surface area contributed by atoms with Crippen molar-refractivity contribution in [2.45, 2.75) is 18.9 Å². The third kappa shape index (κ3) is 3.87. The Morgan fingerprint density at radius 3 is 2.68 bits per heavy atom. The van der Waals surface area contributed by atoms with Gasteiger partial charge < -0.3 is 19.5 Å². The Morgan fingerprint density at radius 1 is 1.21 bits per heavy atom. The number of halogens is 1. The van der Waals surface area contributed by atoms with Gasteiger partial charge in [-0.05, 0) is 61.4 Å². The molecule has 0 aliphatic carbocycles. The summed E-state index contributed by atoms with van der Waals surface area (Å²) in [5.41, 5.74) is 1.57. The summed E-state index contributed by atoms with van der Waals surface area (Å²) in [7, 11) is 1.62. The Bertz CT molecular complexity index is 956. The van der Waals surface area contributed by atoms with E-state index in [9.17, 15) is 4.79 Å². The van der Waals surface area contributed by atoms with Gasteiger partial charge in [-0.15, -0.1) is 0 Å². The maximum atomic E-state index is 12.7. The van der Waals surface area contributed by atoms with Gasteiger partial charge in [-0.3, -0.25) is 0 Å². The Morgan fingerprint density at radius 2 is 1.96 bits per heavy atom. The number of amides is 2. The number of hydrogen-bond donors (Lipinski definition) is 1. The maximum absolute atomic E-state index is 12.7. The summed E-state index contributed by atoms with van der Waals surface area (Å²) in [6, 6.07) is 14.5. The summed E-state index contributed by atoms with van der Waals surface area (Å²) in [4.78, 5) is 19.0. The summed E-state index contributed by atoms with van der Waals surface area (Å²) < 4.78 is 11.6. The first-order chi connectivity index (χ1) is 13.6. The van der Waals surface area contributed by atoms with E-state index in [0.717, 1.165) is 34.3 Å². The van der Waals surface area contributed by atoms with Crippen LogP contribution in [0.1, 0.15) is 24.8 Å². The normalized spacial score (nSPS) is 16.2. The molecule has 28 heavy (non-hydrogen) atoms. The van der Waals surface area contributed by atoms with Crippen LogP contribution < -0.4 is 10.1 Å². The molecule has 2 aromatic carbocycles. The fourth-order valence-corrected chi connectivity index (χ4v) is 3.49. The number of urea groups is 1. The molecule has 0 radical (unpaired) electrons. The minimum atomic E-state index is -0.227. The Balaban J connectivity index is 1.49. The molecule has 1 saturated heterocycles. The smallest absolute Gasteiger partial charge is 0.322 e. The van der Waals surface area contributed by atoms with Crippen LogP contribution in [0.15, 0.2) is 57.5 Å². The van der Waals surface area contributed by atoms with Crippen LogP contribution in [-0.2, 0) is 0 Å². The number of likely N-dealkylation sites (tertiary alicyclic amines) is 1. The van der Waals surface area contributed by atoms with Crippen LogP contribution in [0.4, 0.5) is 10.5 Å². The van der Waals surface area contributed by atoms with Crippen molar-refractivity contribution in [3.63, 3.8) is 0 Å². The predicted octanol–water partition coefficient (Wildman–Crippen LogP) is 4.88. The standard InChI is InChI=1S/C20H19BrN4O3/c1-27-16-10-4-13(5-11-16)18-23-19(28-24-18)17-3-2-12-25(17)20(26)22-15-8-6-14(21)7-9-15/h4-11,17H,2-3,12H2,1H3,(H,22,26). The Labute approximate surface area is 170 Å². The third-order valence-corrected chi connectivity index (χ3v) is 5.21. The van der Waals surface area contributed by atoms with Crippen LogP contribution in [0.2, 0.25) is 0 Å². The zero-order valence-electron chi connectivity index (χ0n) is 15.3. The number of carbonyl (C=O) groups excluding carboxylic acids is 1. The summed E-state index contributed by atoms with van der Waals surface area (Å²) in [5.74, 6) is 1.71. The zero-order chi connectivity index (χ0) is 19.5. The third-order valence-electron chi connectivity index (χ3n) is 4.68. The number of rotatable bonds is 4. The van der Waals surface area contributed by atoms with Crippen LogP contribution in [0.5, 0.6) is 5.75 Å². The molecule has 0 bridgehead atoms. The van der Waals surface area contributed by atoms with Crippen LogP contribution in [0.3, 0.4) is 0 Å². The highest BCUT2D eigenvalue weighted by molar-refractivity contribution is 9.10. The lowest BCUT2D eigenvalue weighted by atomic mass is 10.2. The number of hydrogen-bond acceptors (Lipinski definition) is 5. The summed E-state index contributed by atoms with van der Waals surface area (Å²) in [5, 5.41) is 7.01. The second-order valence-electron chi connectivity index (χ2n) is 6.47. The highest BCUT2D eigenvalue weighted by Crippen LogP contribution is 2.32. The van der Waals surface area contributed by atoms with Gasteiger partial charge in [0.2, 0.25) is 11.7 Å². The van der Waals surface area contributed by atoms with Crippen molar-refractivity contribution in [2.24, 2.45) is 0 Å². The van der Waals surface area contributed by atoms with Crippen molar-refractivity contribution in [3.05, 3.63) is 58.9 Å². The average molecular weight is 443 g/mol. The van der Waals surface area contributed by atoms with Gasteiger partial charge in [0.15, 0.2) is 0 Å². The molecule has 1 fully saturated rings. The largest absolute Gasteiger partial charge is 0.497 e. The van der Waals surface area contributed by atoms with E-state index in [1.54, 1.807) is 12.0 Å². The van der Waals surface area contributed by atoms with E-state index in [0.29, 0.717) is 18.3 Å². The van der Waals surface area contributed by atoms with Gasteiger partial charge in [-0.25, -0.2) is 4.79 Å². The molecule has 1 aliphatic rings. The molecule has 1 aliphatic heterocycles. The molecule has 0 saturated carbocycles. The van der Waals surface area contributed by atoms with Crippen molar-refractivity contribution in [1.29, 1.82) is 0 Å². The predicted molar refractivity (Wildman–Crippen MR) is 108 cm³/mol. The monoisotopic (exact) mass is 442 g/mol. The van der Waals surface area contributed by atoms with Crippen LogP contribution in [0.25, 0.3) is 11.4 Å². The number of methoxy groups -OCH3 is 1. The summed E-state index contributed by atoms with van der Waals surface area (Å²) >= 11 is 3.39. The average Bonchev–Trinajstić information content (AvgIpc) is 3.39. The van der Waals surface area contributed by atoms with Crippen molar-refractivity contribution in [3.8, 4) is 17.1 Å². The molecule has 4 rings (SSSR count). The van der Waals surface area contributed by atoms with E-state index in [1.807, 2.05) is 48.5 Å². The van der Waals surface area contributed by atoms with E-state index in [4.69, 9.17) is 9.26 Å². The van der Waals surface area contributed by atoms with Crippen molar-refractivity contribution < 1.29 is 14.1 Å². The van der Waals surface area contributed by atoms with Crippen molar-refractivity contribution >= 4 is 27.6 Å². The number of anilines is 1. The molecule has 8 heteroatoms. The lowest BCUT2D eigenvalue weighted by molar-refractivity contribution is 0.193. The van der Waals surface area contributed by atoms with Crippen molar-refractivity contribution in [2.75, 3.05) is 19.0 Å². The van der Waals surface area contributed by atoms with E-state index in [-0.39, 0.29) is 12.1 Å². The number of carbonyl (C=O) groups is 1. The Kier molecular flexibility index (Phi) is 5.29. The number of nitrogens with one attached hydrogen (secondary N) is 1. The first-order valence-electron chi connectivity index (χ1n) is 8.95. The van der Waals surface area contributed by atoms with Crippen LogP contribution in [0, 0.1) is 0 Å². The molecule has 1 N–H and O–H groups in total. The van der Waals surface area contributed by atoms with Crippen molar-refractivity contribution in [1.82, 2.24) is 15.0 Å². The van der Waals surface area contributed by atoms with Gasteiger partial charge >= 0.3 is 6.03 Å². The second kappa shape index (κ2) is 8.02. The first kappa shape index (κ1) is 18.5. The molecule has 1 aromatic heterocycles. The van der Waals surface area contributed by atoms with Gasteiger partial charge in [0.25, 0.3) is 0 Å². The molecule has 1 atom stereocenters. The number of nitrogens with zero attached hydrogens (tertiary/aromatic N) is 3. The fraction of sp³-hybridized carbons (Fsp3) is 0.250. The van der Waals surface area contributed by atoms with E-state index < -0.39 is 0 Å². The van der Waals surface area contributed by atoms with Gasteiger partial charge in [-0.2, -0.15) is 4.98 Å². The van der Waals surface area contributed by atoms with E-state index >= 15 is 0 Å². The zero-order valence-corrected chi connectivity index (χ0v) is 16.8. The fourth-order valence-electron chi connectivity index (χ4n) is 3.22. The number of benzene rings is 2. The highest BCUT2D eigenvalue weighted by atomic mass is 79.9. The quantitative estimate of drug-likeness (QED) is 0.622. The topological polar surface area (TPSA) is 80.5 Å². The molecular weight excluding hydrogens is 424 g/mol. The molecule has 2 heterocycles. The maximum Gasteiger partial charge on any atom is 0.322 e. The van der Waals surface area contributed by atoms with Crippen LogP contribution >= 0.6 is 15.9 Å². The minimum Gasteiger partial charge on any atom is -0.497 e. The van der Waals surface area contributed by atoms with Gasteiger partial charge in [0.05, 0.1) is 7.11 Å². The van der Waals surface area contributed by atoms with Crippen LogP contribution in [-0.4, -0.2) is 34.7 Å². The molecule has 0 spiro atoms. The highest BCUT2D eigenvalue weighted by Gasteiger charge is 2.34. The molecule has 3 aromatic rings. The lowest BCUT2D eigenvalue weighted by Gasteiger charge is -2.22. The number of aromatic nitrogens is 2. The molecule has 7 nitrogen and oxygen atoms in total. The van der Waals surface area contributed by atoms with Gasteiger partial charge in [0, 0.05) is 22.3 Å². The van der Waals surface area contributed by atoms with E-state index in [1.165, 1.54) is 0 Å². The summed E-state index contributed by atoms with van der Waals surface area (Å²) in [6.45, 7) is 0.646. The molecule has 144 valence electrons. The summed E-state index contributed by atoms with van der Waals surface area (Å²) in [6.07, 6.45) is 1.68. The molecule has 2 amide bonds. The SMILES string of the molecule is COc1ccc(-c2noc(C3CCCN3C(=O)Nc3ccc(Br)cc3)n2)cc1. The second-order valence-corrected chi connectivity index (χ2v) is 7.39. The van der Waals surface area contributed by atoms with E-state index in [2.05, 4.69) is 31.4 Å². The van der Waals surface area contributed by atoms with Gasteiger partial charge in [-0.1, -0.05) is 21.1 Å². The Hall–Kier alpha value is -2.87. The first-order valence-corrected chi connectivity index (χ1v) is 9.74. The van der Waals surface area contributed by atoms with Gasteiger partial charge in [0.1, 0.15) is 11.8 Å². The molecular formula is C20H19BrN4O3. The molecule has 1 unspecified atom stereocenters.